The van der Waals surface area contributed by atoms with Crippen LogP contribution >= 0.6 is 0 Å². The predicted molar refractivity (Wildman–Crippen MR) is 88.2 cm³/mol. The fourth-order valence-electron chi connectivity index (χ4n) is 3.68. The van der Waals surface area contributed by atoms with Gasteiger partial charge in [-0.15, -0.1) is 0 Å². The number of aromatic hydroxyl groups is 1. The van der Waals surface area contributed by atoms with Crippen LogP contribution in [-0.4, -0.2) is 11.2 Å². The van der Waals surface area contributed by atoms with Crippen LogP contribution in [0.5, 0.6) is 11.5 Å². The average molecular weight is 290 g/mol. The quantitative estimate of drug-likeness (QED) is 0.824. The summed E-state index contributed by atoms with van der Waals surface area (Å²) in [5.41, 5.74) is 2.45. The molecule has 0 aromatic heterocycles. The molecule has 2 atom stereocenters. The van der Waals surface area contributed by atoms with Crippen LogP contribution in [0.25, 0.3) is 0 Å². The minimum atomic E-state index is -0.0519. The summed E-state index contributed by atoms with van der Waals surface area (Å²) in [4.78, 5) is 0. The lowest BCUT2D eigenvalue weighted by Crippen LogP contribution is -2.29. The van der Waals surface area contributed by atoms with E-state index in [9.17, 15) is 5.11 Å². The third kappa shape index (κ3) is 3.53. The number of benzene rings is 1. The molecule has 0 bridgehead atoms. The monoisotopic (exact) mass is 290 g/mol. The Bertz CT molecular complexity index is 523. The molecule has 0 saturated heterocycles. The zero-order valence-corrected chi connectivity index (χ0v) is 14.6. The van der Waals surface area contributed by atoms with Crippen LogP contribution in [0, 0.1) is 11.3 Å². The first-order valence-electron chi connectivity index (χ1n) is 8.03. The molecule has 0 aliphatic carbocycles. The van der Waals surface area contributed by atoms with Crippen molar-refractivity contribution in [1.82, 2.24) is 0 Å². The molecule has 1 heterocycles. The van der Waals surface area contributed by atoms with Crippen LogP contribution in [0.4, 0.5) is 0 Å². The van der Waals surface area contributed by atoms with Crippen LogP contribution in [0.15, 0.2) is 12.1 Å². The van der Waals surface area contributed by atoms with Crippen LogP contribution in [0.2, 0.25) is 0 Å². The molecule has 2 rings (SSSR count). The molecule has 1 aromatic carbocycles. The molecule has 0 radical (unpaired) electrons. The number of fused-ring (bicyclic) bond motifs is 1. The molecule has 118 valence electrons. The number of hydrogen-bond acceptors (Lipinski definition) is 2. The van der Waals surface area contributed by atoms with Gasteiger partial charge in [0.25, 0.3) is 0 Å². The maximum absolute atomic E-state index is 10.5. The van der Waals surface area contributed by atoms with Gasteiger partial charge in [0, 0.05) is 11.6 Å². The van der Waals surface area contributed by atoms with E-state index in [2.05, 4.69) is 54.5 Å². The van der Waals surface area contributed by atoms with E-state index in [1.165, 1.54) is 5.56 Å². The van der Waals surface area contributed by atoms with Gasteiger partial charge in [-0.3, -0.25) is 0 Å². The topological polar surface area (TPSA) is 29.5 Å². The van der Waals surface area contributed by atoms with E-state index >= 15 is 0 Å². The summed E-state index contributed by atoms with van der Waals surface area (Å²) in [6, 6.07) is 3.98. The molecule has 1 N–H and O–H groups in total. The minimum Gasteiger partial charge on any atom is -0.508 e. The van der Waals surface area contributed by atoms with Crippen molar-refractivity contribution in [3.05, 3.63) is 23.3 Å². The van der Waals surface area contributed by atoms with E-state index in [1.807, 2.05) is 6.07 Å². The number of phenols is 1. The van der Waals surface area contributed by atoms with Crippen molar-refractivity contribution in [2.24, 2.45) is 11.3 Å². The zero-order chi connectivity index (χ0) is 16.0. The number of phenolic OH excluding ortho intramolecular Hbond substituents is 1. The smallest absolute Gasteiger partial charge is 0.126 e. The van der Waals surface area contributed by atoms with Gasteiger partial charge in [-0.05, 0) is 48.1 Å². The Morgan fingerprint density at radius 3 is 2.33 bits per heavy atom. The summed E-state index contributed by atoms with van der Waals surface area (Å²) in [7, 11) is 0. The van der Waals surface area contributed by atoms with Crippen molar-refractivity contribution in [1.29, 1.82) is 0 Å². The molecule has 1 aliphatic rings. The molecule has 2 unspecified atom stereocenters. The van der Waals surface area contributed by atoms with Crippen molar-refractivity contribution in [2.45, 2.75) is 72.8 Å². The van der Waals surface area contributed by atoms with Crippen molar-refractivity contribution in [3.63, 3.8) is 0 Å². The first kappa shape index (κ1) is 16.2. The Hall–Kier alpha value is -1.18. The molecule has 21 heavy (non-hydrogen) atoms. The summed E-state index contributed by atoms with van der Waals surface area (Å²) in [5, 5.41) is 10.5. The normalized spacial score (nSPS) is 22.6. The van der Waals surface area contributed by atoms with Crippen molar-refractivity contribution in [3.8, 4) is 11.5 Å². The lowest BCUT2D eigenvalue weighted by Gasteiger charge is -2.35. The average Bonchev–Trinajstić information content (AvgIpc) is 2.27. The summed E-state index contributed by atoms with van der Waals surface area (Å²) in [6.07, 6.45) is 2.26. The Balaban J connectivity index is 2.40. The second kappa shape index (κ2) is 5.23. The Kier molecular flexibility index (Phi) is 4.03. The highest BCUT2D eigenvalue weighted by Gasteiger charge is 2.32. The summed E-state index contributed by atoms with van der Waals surface area (Å²) in [6.45, 7) is 15.5. The number of ether oxygens (including phenoxy) is 1. The van der Waals surface area contributed by atoms with Crippen molar-refractivity contribution < 1.29 is 9.84 Å². The van der Waals surface area contributed by atoms with Gasteiger partial charge in [0.1, 0.15) is 11.5 Å². The third-order valence-corrected chi connectivity index (χ3v) is 4.54. The second-order valence-corrected chi connectivity index (χ2v) is 8.60. The van der Waals surface area contributed by atoms with E-state index in [0.717, 1.165) is 24.2 Å². The van der Waals surface area contributed by atoms with Crippen molar-refractivity contribution in [2.75, 3.05) is 0 Å². The predicted octanol–water partition coefficient (Wildman–Crippen LogP) is 5.07. The Morgan fingerprint density at radius 1 is 1.14 bits per heavy atom. The SMILES string of the molecule is CC1Cc2cc(C(C)(C)CC(C)(C)C)c(O)cc2OC1C. The van der Waals surface area contributed by atoms with Gasteiger partial charge >= 0.3 is 0 Å². The largest absolute Gasteiger partial charge is 0.508 e. The Labute approximate surface area is 129 Å². The maximum Gasteiger partial charge on any atom is 0.126 e. The number of hydrogen-bond donors (Lipinski definition) is 1. The Morgan fingerprint density at radius 2 is 1.76 bits per heavy atom. The summed E-state index contributed by atoms with van der Waals surface area (Å²) < 4.78 is 5.93. The van der Waals surface area contributed by atoms with Gasteiger partial charge in [0.2, 0.25) is 0 Å². The molecule has 2 nitrogen and oxygen atoms in total. The van der Waals surface area contributed by atoms with E-state index in [0.29, 0.717) is 11.7 Å². The molecule has 0 fully saturated rings. The first-order chi connectivity index (χ1) is 9.49. The van der Waals surface area contributed by atoms with Gasteiger partial charge in [0.05, 0.1) is 6.10 Å². The highest BCUT2D eigenvalue weighted by Crippen LogP contribution is 2.44. The molecule has 1 aliphatic heterocycles. The fourth-order valence-corrected chi connectivity index (χ4v) is 3.68. The molecule has 0 spiro atoms. The van der Waals surface area contributed by atoms with Crippen LogP contribution < -0.4 is 4.74 Å². The molecular weight excluding hydrogens is 260 g/mol. The number of rotatable bonds is 2. The highest BCUT2D eigenvalue weighted by atomic mass is 16.5. The second-order valence-electron chi connectivity index (χ2n) is 8.60. The van der Waals surface area contributed by atoms with Crippen LogP contribution in [0.3, 0.4) is 0 Å². The molecule has 0 amide bonds. The van der Waals surface area contributed by atoms with Gasteiger partial charge < -0.3 is 9.84 Å². The lowest BCUT2D eigenvalue weighted by atomic mass is 9.71. The van der Waals surface area contributed by atoms with Gasteiger partial charge in [0.15, 0.2) is 0 Å². The van der Waals surface area contributed by atoms with E-state index < -0.39 is 0 Å². The van der Waals surface area contributed by atoms with E-state index in [-0.39, 0.29) is 16.9 Å². The third-order valence-electron chi connectivity index (χ3n) is 4.54. The van der Waals surface area contributed by atoms with E-state index in [4.69, 9.17) is 4.74 Å². The van der Waals surface area contributed by atoms with Gasteiger partial charge in [-0.2, -0.15) is 0 Å². The van der Waals surface area contributed by atoms with Crippen molar-refractivity contribution >= 4 is 0 Å². The highest BCUT2D eigenvalue weighted by molar-refractivity contribution is 5.50. The molecular formula is C19H30O2. The summed E-state index contributed by atoms with van der Waals surface area (Å²) >= 11 is 0. The maximum atomic E-state index is 10.5. The standard InChI is InChI=1S/C19H30O2/c1-12-8-14-9-15(19(6,7)11-18(3,4)5)16(20)10-17(14)21-13(12)2/h9-10,12-13,20H,8,11H2,1-7H3. The molecule has 1 aromatic rings. The summed E-state index contributed by atoms with van der Waals surface area (Å²) in [5.74, 6) is 1.73. The minimum absolute atomic E-state index is 0.0519. The van der Waals surface area contributed by atoms with Crippen LogP contribution in [0.1, 0.15) is 66.0 Å². The van der Waals surface area contributed by atoms with E-state index in [1.54, 1.807) is 0 Å². The first-order valence-corrected chi connectivity index (χ1v) is 8.03. The van der Waals surface area contributed by atoms with Crippen LogP contribution in [-0.2, 0) is 11.8 Å². The van der Waals surface area contributed by atoms with Gasteiger partial charge in [-0.25, -0.2) is 0 Å². The molecule has 2 heteroatoms. The lowest BCUT2D eigenvalue weighted by molar-refractivity contribution is 0.139. The zero-order valence-electron chi connectivity index (χ0n) is 14.6. The molecule has 0 saturated carbocycles. The van der Waals surface area contributed by atoms with Gasteiger partial charge in [-0.1, -0.05) is 41.5 Å². The fraction of sp³-hybridized carbons (Fsp3) is 0.684.